The standard InChI is InChI=1S/C16H12N2O4/c19-18(20)13-6-8-14(9-7-13)21-11-15-10-16(17-22-15)12-4-2-1-3-5-12/h1-10H,11H2. The number of nitro groups is 1. The summed E-state index contributed by atoms with van der Waals surface area (Å²) in [6, 6.07) is 17.4. The van der Waals surface area contributed by atoms with E-state index in [4.69, 9.17) is 9.26 Å². The lowest BCUT2D eigenvalue weighted by Crippen LogP contribution is -1.94. The van der Waals surface area contributed by atoms with Crippen LogP contribution in [0.1, 0.15) is 5.76 Å². The summed E-state index contributed by atoms with van der Waals surface area (Å²) in [5.74, 6) is 1.11. The van der Waals surface area contributed by atoms with E-state index in [2.05, 4.69) is 5.16 Å². The molecule has 3 aromatic rings. The van der Waals surface area contributed by atoms with Gasteiger partial charge in [-0.3, -0.25) is 10.1 Å². The van der Waals surface area contributed by atoms with E-state index in [0.29, 0.717) is 11.5 Å². The summed E-state index contributed by atoms with van der Waals surface area (Å²) >= 11 is 0. The Labute approximate surface area is 126 Å². The first kappa shape index (κ1) is 13.8. The fourth-order valence-corrected chi connectivity index (χ4v) is 1.94. The van der Waals surface area contributed by atoms with Crippen LogP contribution < -0.4 is 4.74 Å². The van der Waals surface area contributed by atoms with Crippen molar-refractivity contribution in [1.29, 1.82) is 0 Å². The average molecular weight is 296 g/mol. The third kappa shape index (κ3) is 3.12. The lowest BCUT2D eigenvalue weighted by molar-refractivity contribution is -0.384. The Kier molecular flexibility index (Phi) is 3.82. The molecule has 0 bridgehead atoms. The Hall–Kier alpha value is -3.15. The highest BCUT2D eigenvalue weighted by Gasteiger charge is 2.08. The zero-order chi connectivity index (χ0) is 15.4. The summed E-state index contributed by atoms with van der Waals surface area (Å²) in [5, 5.41) is 14.6. The van der Waals surface area contributed by atoms with Crippen LogP contribution in [0.3, 0.4) is 0 Å². The van der Waals surface area contributed by atoms with E-state index in [9.17, 15) is 10.1 Å². The molecule has 0 amide bonds. The van der Waals surface area contributed by atoms with E-state index < -0.39 is 4.92 Å². The van der Waals surface area contributed by atoms with Crippen molar-refractivity contribution in [2.75, 3.05) is 0 Å². The molecule has 0 aliphatic carbocycles. The smallest absolute Gasteiger partial charge is 0.269 e. The Morgan fingerprint density at radius 2 is 1.82 bits per heavy atom. The molecule has 0 atom stereocenters. The van der Waals surface area contributed by atoms with Crippen molar-refractivity contribution in [1.82, 2.24) is 5.16 Å². The minimum absolute atomic E-state index is 0.0263. The SMILES string of the molecule is O=[N+]([O-])c1ccc(OCc2cc(-c3ccccc3)no2)cc1. The summed E-state index contributed by atoms with van der Waals surface area (Å²) in [5.41, 5.74) is 1.73. The van der Waals surface area contributed by atoms with E-state index in [1.165, 1.54) is 12.1 Å². The first-order chi connectivity index (χ1) is 10.7. The number of rotatable bonds is 5. The first-order valence-electron chi connectivity index (χ1n) is 6.60. The van der Waals surface area contributed by atoms with Gasteiger partial charge in [0.2, 0.25) is 0 Å². The summed E-state index contributed by atoms with van der Waals surface area (Å²) in [4.78, 5) is 10.1. The zero-order valence-electron chi connectivity index (χ0n) is 11.5. The lowest BCUT2D eigenvalue weighted by atomic mass is 10.1. The highest BCUT2D eigenvalue weighted by molar-refractivity contribution is 5.58. The second kappa shape index (κ2) is 6.09. The highest BCUT2D eigenvalue weighted by Crippen LogP contribution is 2.21. The van der Waals surface area contributed by atoms with Crippen LogP contribution in [0.4, 0.5) is 5.69 Å². The molecule has 22 heavy (non-hydrogen) atoms. The molecule has 0 fully saturated rings. The van der Waals surface area contributed by atoms with Gasteiger partial charge in [0.25, 0.3) is 5.69 Å². The van der Waals surface area contributed by atoms with Crippen molar-refractivity contribution in [3.05, 3.63) is 76.5 Å². The first-order valence-corrected chi connectivity index (χ1v) is 6.60. The minimum atomic E-state index is -0.452. The summed E-state index contributed by atoms with van der Waals surface area (Å²) in [6.07, 6.45) is 0. The van der Waals surface area contributed by atoms with Crippen LogP contribution in [-0.2, 0) is 6.61 Å². The average Bonchev–Trinajstić information content (AvgIpc) is 3.03. The second-order valence-corrected chi connectivity index (χ2v) is 4.58. The normalized spacial score (nSPS) is 10.4. The lowest BCUT2D eigenvalue weighted by Gasteiger charge is -2.02. The molecule has 0 saturated carbocycles. The van der Waals surface area contributed by atoms with Crippen LogP contribution in [0.15, 0.2) is 65.2 Å². The summed E-state index contributed by atoms with van der Waals surface area (Å²) < 4.78 is 10.7. The van der Waals surface area contributed by atoms with Crippen molar-refractivity contribution in [3.63, 3.8) is 0 Å². The minimum Gasteiger partial charge on any atom is -0.486 e. The molecular formula is C16H12N2O4. The number of hydrogen-bond acceptors (Lipinski definition) is 5. The Balaban J connectivity index is 1.65. The summed E-state index contributed by atoms with van der Waals surface area (Å²) in [6.45, 7) is 0.206. The van der Waals surface area contributed by atoms with Gasteiger partial charge in [-0.2, -0.15) is 0 Å². The molecule has 0 unspecified atom stereocenters. The van der Waals surface area contributed by atoms with Gasteiger partial charge in [-0.25, -0.2) is 0 Å². The number of benzene rings is 2. The predicted octanol–water partition coefficient (Wildman–Crippen LogP) is 3.83. The van der Waals surface area contributed by atoms with Gasteiger partial charge in [0.15, 0.2) is 5.76 Å². The number of aromatic nitrogens is 1. The molecule has 0 saturated heterocycles. The molecule has 3 rings (SSSR count). The number of ether oxygens (including phenoxy) is 1. The molecule has 1 heterocycles. The molecule has 1 aromatic heterocycles. The van der Waals surface area contributed by atoms with Crippen LogP contribution >= 0.6 is 0 Å². The molecule has 0 spiro atoms. The van der Waals surface area contributed by atoms with Crippen molar-refractivity contribution >= 4 is 5.69 Å². The van der Waals surface area contributed by atoms with E-state index in [1.54, 1.807) is 18.2 Å². The molecular weight excluding hydrogens is 284 g/mol. The Morgan fingerprint density at radius 1 is 1.09 bits per heavy atom. The van der Waals surface area contributed by atoms with E-state index in [-0.39, 0.29) is 12.3 Å². The topological polar surface area (TPSA) is 78.4 Å². The van der Waals surface area contributed by atoms with E-state index in [1.807, 2.05) is 30.3 Å². The second-order valence-electron chi connectivity index (χ2n) is 4.58. The van der Waals surface area contributed by atoms with Gasteiger partial charge in [0.05, 0.1) is 4.92 Å². The Bertz CT molecular complexity index is 766. The highest BCUT2D eigenvalue weighted by atomic mass is 16.6. The van der Waals surface area contributed by atoms with E-state index in [0.717, 1.165) is 11.3 Å². The molecule has 6 nitrogen and oxygen atoms in total. The van der Waals surface area contributed by atoms with Gasteiger partial charge in [0.1, 0.15) is 18.1 Å². The molecule has 0 radical (unpaired) electrons. The van der Waals surface area contributed by atoms with Crippen molar-refractivity contribution in [2.45, 2.75) is 6.61 Å². The molecule has 0 aliphatic rings. The molecule has 0 aliphatic heterocycles. The maximum Gasteiger partial charge on any atom is 0.269 e. The van der Waals surface area contributed by atoms with Crippen molar-refractivity contribution < 1.29 is 14.2 Å². The zero-order valence-corrected chi connectivity index (χ0v) is 11.5. The van der Waals surface area contributed by atoms with Gasteiger partial charge in [0, 0.05) is 23.8 Å². The van der Waals surface area contributed by atoms with Crippen molar-refractivity contribution in [2.24, 2.45) is 0 Å². The summed E-state index contributed by atoms with van der Waals surface area (Å²) in [7, 11) is 0. The number of non-ortho nitro benzene ring substituents is 1. The molecule has 110 valence electrons. The van der Waals surface area contributed by atoms with Gasteiger partial charge in [-0.1, -0.05) is 35.5 Å². The molecule has 6 heteroatoms. The Morgan fingerprint density at radius 3 is 2.50 bits per heavy atom. The fraction of sp³-hybridized carbons (Fsp3) is 0.0625. The number of nitrogens with zero attached hydrogens (tertiary/aromatic N) is 2. The van der Waals surface area contributed by atoms with Crippen molar-refractivity contribution in [3.8, 4) is 17.0 Å². The third-order valence-electron chi connectivity index (χ3n) is 3.06. The largest absolute Gasteiger partial charge is 0.486 e. The molecule has 0 N–H and O–H groups in total. The molecule has 2 aromatic carbocycles. The van der Waals surface area contributed by atoms with Crippen LogP contribution in [0.5, 0.6) is 5.75 Å². The predicted molar refractivity (Wildman–Crippen MR) is 79.4 cm³/mol. The van der Waals surface area contributed by atoms with Gasteiger partial charge < -0.3 is 9.26 Å². The van der Waals surface area contributed by atoms with Gasteiger partial charge in [-0.15, -0.1) is 0 Å². The quantitative estimate of drug-likeness (QED) is 0.528. The van der Waals surface area contributed by atoms with Gasteiger partial charge >= 0.3 is 0 Å². The maximum absolute atomic E-state index is 10.6. The fourth-order valence-electron chi connectivity index (χ4n) is 1.94. The van der Waals surface area contributed by atoms with Crippen LogP contribution in [-0.4, -0.2) is 10.1 Å². The monoisotopic (exact) mass is 296 g/mol. The number of nitro benzene ring substituents is 1. The van der Waals surface area contributed by atoms with Crippen LogP contribution in [0.2, 0.25) is 0 Å². The van der Waals surface area contributed by atoms with Crippen LogP contribution in [0.25, 0.3) is 11.3 Å². The van der Waals surface area contributed by atoms with Crippen LogP contribution in [0, 0.1) is 10.1 Å². The third-order valence-corrected chi connectivity index (χ3v) is 3.06. The van der Waals surface area contributed by atoms with E-state index >= 15 is 0 Å². The number of hydrogen-bond donors (Lipinski definition) is 0. The maximum atomic E-state index is 10.6. The van der Waals surface area contributed by atoms with Gasteiger partial charge in [-0.05, 0) is 12.1 Å².